The Balaban J connectivity index is 2.03. The summed E-state index contributed by atoms with van der Waals surface area (Å²) in [5.41, 5.74) is 0.344. The van der Waals surface area contributed by atoms with Crippen LogP contribution in [0.15, 0.2) is 24.3 Å². The topological polar surface area (TPSA) is 32.3 Å². The van der Waals surface area contributed by atoms with E-state index in [1.807, 2.05) is 0 Å². The zero-order valence-electron chi connectivity index (χ0n) is 9.83. The lowest BCUT2D eigenvalue weighted by molar-refractivity contribution is -0.126. The highest BCUT2D eigenvalue weighted by Crippen LogP contribution is 2.09. The number of amides is 1. The fourth-order valence-electron chi connectivity index (χ4n) is 1.83. The fourth-order valence-corrected chi connectivity index (χ4v) is 1.83. The maximum absolute atomic E-state index is 12.9. The lowest BCUT2D eigenvalue weighted by Crippen LogP contribution is -2.45. The summed E-state index contributed by atoms with van der Waals surface area (Å²) < 4.78 is 25.9. The summed E-state index contributed by atoms with van der Waals surface area (Å²) in [7, 11) is 0. The Kier molecular flexibility index (Phi) is 4.04. The zero-order valence-corrected chi connectivity index (χ0v) is 9.83. The maximum atomic E-state index is 12.9. The first-order valence-electron chi connectivity index (χ1n) is 5.79. The van der Waals surface area contributed by atoms with Crippen LogP contribution in [-0.4, -0.2) is 37.0 Å². The molecule has 1 amide bonds. The molecule has 2 rings (SSSR count). The number of hydrogen-bond acceptors (Lipinski definition) is 2. The van der Waals surface area contributed by atoms with E-state index in [-0.39, 0.29) is 5.91 Å². The second kappa shape index (κ2) is 5.73. The van der Waals surface area contributed by atoms with Crippen LogP contribution in [0.2, 0.25) is 0 Å². The van der Waals surface area contributed by atoms with E-state index in [9.17, 15) is 13.6 Å². The molecule has 1 aromatic rings. The highest BCUT2D eigenvalue weighted by molar-refractivity contribution is 5.91. The first-order chi connectivity index (χ1) is 8.65. The molecule has 0 spiro atoms. The SMILES string of the molecule is O=C(/C=C/c1cc(F)cc(F)c1)N1CCNCC1. The van der Waals surface area contributed by atoms with Gasteiger partial charge < -0.3 is 10.2 Å². The number of rotatable bonds is 2. The van der Waals surface area contributed by atoms with Crippen molar-refractivity contribution in [2.75, 3.05) is 26.2 Å². The molecular weight excluding hydrogens is 238 g/mol. The Morgan fingerprint density at radius 2 is 1.78 bits per heavy atom. The Morgan fingerprint density at radius 1 is 1.17 bits per heavy atom. The number of carbonyl (C=O) groups excluding carboxylic acids is 1. The van der Waals surface area contributed by atoms with Gasteiger partial charge >= 0.3 is 0 Å². The number of piperazine rings is 1. The number of carbonyl (C=O) groups is 1. The summed E-state index contributed by atoms with van der Waals surface area (Å²) in [6.45, 7) is 2.85. The third kappa shape index (κ3) is 3.37. The first-order valence-corrected chi connectivity index (χ1v) is 5.79. The van der Waals surface area contributed by atoms with Crippen LogP contribution in [0.25, 0.3) is 6.08 Å². The van der Waals surface area contributed by atoms with Crippen molar-refractivity contribution in [3.8, 4) is 0 Å². The predicted molar refractivity (Wildman–Crippen MR) is 64.8 cm³/mol. The third-order valence-electron chi connectivity index (χ3n) is 2.73. The van der Waals surface area contributed by atoms with E-state index >= 15 is 0 Å². The molecule has 1 aliphatic heterocycles. The average Bonchev–Trinajstić information content (AvgIpc) is 2.36. The second-order valence-electron chi connectivity index (χ2n) is 4.11. The predicted octanol–water partition coefficient (Wildman–Crippen LogP) is 1.41. The summed E-state index contributed by atoms with van der Waals surface area (Å²) in [4.78, 5) is 13.5. The van der Waals surface area contributed by atoms with Crippen LogP contribution in [0.1, 0.15) is 5.56 Å². The van der Waals surface area contributed by atoms with Crippen LogP contribution >= 0.6 is 0 Å². The maximum Gasteiger partial charge on any atom is 0.246 e. The fraction of sp³-hybridized carbons (Fsp3) is 0.308. The molecule has 1 heterocycles. The second-order valence-corrected chi connectivity index (χ2v) is 4.11. The molecule has 0 radical (unpaired) electrons. The number of hydrogen-bond donors (Lipinski definition) is 1. The lowest BCUT2D eigenvalue weighted by Gasteiger charge is -2.26. The summed E-state index contributed by atoms with van der Waals surface area (Å²) in [5.74, 6) is -1.44. The van der Waals surface area contributed by atoms with Gasteiger partial charge in [0.25, 0.3) is 0 Å². The van der Waals surface area contributed by atoms with Crippen molar-refractivity contribution in [1.29, 1.82) is 0 Å². The molecule has 1 N–H and O–H groups in total. The highest BCUT2D eigenvalue weighted by atomic mass is 19.1. The molecule has 0 bridgehead atoms. The van der Waals surface area contributed by atoms with Crippen molar-refractivity contribution in [2.24, 2.45) is 0 Å². The van der Waals surface area contributed by atoms with E-state index in [2.05, 4.69) is 5.32 Å². The van der Waals surface area contributed by atoms with Gasteiger partial charge in [0.1, 0.15) is 11.6 Å². The van der Waals surface area contributed by atoms with Crippen LogP contribution in [0.5, 0.6) is 0 Å². The van der Waals surface area contributed by atoms with Gasteiger partial charge in [-0.1, -0.05) is 0 Å². The molecule has 96 valence electrons. The van der Waals surface area contributed by atoms with Gasteiger partial charge in [-0.05, 0) is 23.8 Å². The van der Waals surface area contributed by atoms with E-state index in [0.29, 0.717) is 18.7 Å². The molecule has 0 aliphatic carbocycles. The third-order valence-corrected chi connectivity index (χ3v) is 2.73. The molecule has 3 nitrogen and oxygen atoms in total. The quantitative estimate of drug-likeness (QED) is 0.807. The molecule has 0 unspecified atom stereocenters. The van der Waals surface area contributed by atoms with Gasteiger partial charge in [0, 0.05) is 38.3 Å². The molecule has 5 heteroatoms. The van der Waals surface area contributed by atoms with Crippen molar-refractivity contribution >= 4 is 12.0 Å². The van der Waals surface area contributed by atoms with Gasteiger partial charge in [-0.2, -0.15) is 0 Å². The van der Waals surface area contributed by atoms with Crippen molar-refractivity contribution in [1.82, 2.24) is 10.2 Å². The summed E-state index contributed by atoms with van der Waals surface area (Å²) in [6.07, 6.45) is 2.77. The van der Waals surface area contributed by atoms with E-state index < -0.39 is 11.6 Å². The van der Waals surface area contributed by atoms with Crippen LogP contribution in [0.4, 0.5) is 8.78 Å². The average molecular weight is 252 g/mol. The lowest BCUT2D eigenvalue weighted by atomic mass is 10.2. The van der Waals surface area contributed by atoms with Gasteiger partial charge in [-0.3, -0.25) is 4.79 Å². The summed E-state index contributed by atoms with van der Waals surface area (Å²) in [6, 6.07) is 3.17. The minimum absolute atomic E-state index is 0.138. The Morgan fingerprint density at radius 3 is 2.39 bits per heavy atom. The monoisotopic (exact) mass is 252 g/mol. The molecule has 1 aromatic carbocycles. The first kappa shape index (κ1) is 12.7. The van der Waals surface area contributed by atoms with Gasteiger partial charge in [0.05, 0.1) is 0 Å². The minimum atomic E-state index is -0.649. The van der Waals surface area contributed by atoms with Crippen molar-refractivity contribution < 1.29 is 13.6 Å². The Hall–Kier alpha value is -1.75. The molecule has 0 saturated carbocycles. The van der Waals surface area contributed by atoms with Gasteiger partial charge in [-0.15, -0.1) is 0 Å². The van der Waals surface area contributed by atoms with E-state index in [1.165, 1.54) is 24.3 Å². The smallest absolute Gasteiger partial charge is 0.246 e. The minimum Gasteiger partial charge on any atom is -0.337 e. The Bertz CT molecular complexity index is 448. The highest BCUT2D eigenvalue weighted by Gasteiger charge is 2.13. The van der Waals surface area contributed by atoms with E-state index in [4.69, 9.17) is 0 Å². The zero-order chi connectivity index (χ0) is 13.0. The standard InChI is InChI=1S/C13H14F2N2O/c14-11-7-10(8-12(15)9-11)1-2-13(18)17-5-3-16-4-6-17/h1-2,7-9,16H,3-6H2/b2-1+. The molecule has 18 heavy (non-hydrogen) atoms. The van der Waals surface area contributed by atoms with E-state index in [1.54, 1.807) is 4.90 Å². The van der Waals surface area contributed by atoms with Crippen LogP contribution in [0, 0.1) is 11.6 Å². The number of nitrogens with zero attached hydrogens (tertiary/aromatic N) is 1. The van der Waals surface area contributed by atoms with Crippen LogP contribution < -0.4 is 5.32 Å². The van der Waals surface area contributed by atoms with Gasteiger partial charge in [-0.25, -0.2) is 8.78 Å². The van der Waals surface area contributed by atoms with Gasteiger partial charge in [0.2, 0.25) is 5.91 Å². The summed E-state index contributed by atoms with van der Waals surface area (Å²) in [5, 5.41) is 3.14. The summed E-state index contributed by atoms with van der Waals surface area (Å²) >= 11 is 0. The van der Waals surface area contributed by atoms with Crippen LogP contribution in [0.3, 0.4) is 0 Å². The molecule has 1 aliphatic rings. The van der Waals surface area contributed by atoms with Crippen molar-refractivity contribution in [2.45, 2.75) is 0 Å². The van der Waals surface area contributed by atoms with E-state index in [0.717, 1.165) is 19.2 Å². The van der Waals surface area contributed by atoms with Crippen molar-refractivity contribution in [3.63, 3.8) is 0 Å². The van der Waals surface area contributed by atoms with Gasteiger partial charge in [0.15, 0.2) is 0 Å². The molecule has 0 atom stereocenters. The van der Waals surface area contributed by atoms with Crippen LogP contribution in [-0.2, 0) is 4.79 Å². The number of halogens is 2. The number of nitrogens with one attached hydrogen (secondary N) is 1. The molecule has 0 aromatic heterocycles. The molecule has 1 saturated heterocycles. The Labute approximate surface area is 104 Å². The normalized spacial score (nSPS) is 16.2. The molecule has 1 fully saturated rings. The molecular formula is C13H14F2N2O. The largest absolute Gasteiger partial charge is 0.337 e. The van der Waals surface area contributed by atoms with Crippen molar-refractivity contribution in [3.05, 3.63) is 41.5 Å². The number of benzene rings is 1.